The Labute approximate surface area is 123 Å². The van der Waals surface area contributed by atoms with Crippen molar-refractivity contribution in [1.29, 1.82) is 0 Å². The lowest BCUT2D eigenvalue weighted by Gasteiger charge is -1.99. The van der Waals surface area contributed by atoms with Crippen molar-refractivity contribution in [2.75, 3.05) is 0 Å². The molecule has 3 aromatic rings. The summed E-state index contributed by atoms with van der Waals surface area (Å²) in [4.78, 5) is 15.6. The van der Waals surface area contributed by atoms with Crippen LogP contribution in [0.5, 0.6) is 0 Å². The largest absolute Gasteiger partial charge is 0.481 e. The predicted molar refractivity (Wildman–Crippen MR) is 84.1 cm³/mol. The lowest BCUT2D eigenvalue weighted by atomic mass is 10.1. The van der Waals surface area contributed by atoms with Crippen LogP contribution in [-0.2, 0) is 4.79 Å². The van der Waals surface area contributed by atoms with Crippen molar-refractivity contribution in [3.05, 3.63) is 51.7 Å². The minimum atomic E-state index is -0.842. The maximum absolute atomic E-state index is 11.1. The first-order valence-corrected chi connectivity index (χ1v) is 7.79. The normalized spacial score (nSPS) is 11.9. The molecular weight excluding hydrogens is 290 g/mol. The van der Waals surface area contributed by atoms with Crippen molar-refractivity contribution in [2.24, 2.45) is 0 Å². The van der Waals surface area contributed by atoms with E-state index in [2.05, 4.69) is 4.98 Å². The summed E-state index contributed by atoms with van der Waals surface area (Å²) in [5, 5.41) is 13.8. The van der Waals surface area contributed by atoms with E-state index in [1.54, 1.807) is 11.3 Å². The average molecular weight is 301 g/mol. The molecule has 0 unspecified atom stereocenters. The fourth-order valence-electron chi connectivity index (χ4n) is 1.92. The quantitative estimate of drug-likeness (QED) is 0.778. The molecule has 3 rings (SSSR count). The van der Waals surface area contributed by atoms with Gasteiger partial charge in [0.1, 0.15) is 5.01 Å². The molecule has 3 nitrogen and oxygen atoms in total. The van der Waals surface area contributed by atoms with Crippen LogP contribution in [-0.4, -0.2) is 16.1 Å². The summed E-state index contributed by atoms with van der Waals surface area (Å²) >= 11 is 3.12. The molecule has 1 aromatic carbocycles. The first-order chi connectivity index (χ1) is 9.72. The van der Waals surface area contributed by atoms with Crippen molar-refractivity contribution in [1.82, 2.24) is 4.98 Å². The standard InChI is InChI=1S/C15H11NO2S2/c17-14(18)8-11(7-10-5-6-19-9-10)15-16-12-3-1-2-4-13(12)20-15/h1-7,9H,8H2,(H,17,18). The van der Waals surface area contributed by atoms with Gasteiger partial charge in [-0.05, 0) is 46.2 Å². The molecule has 0 amide bonds. The van der Waals surface area contributed by atoms with Gasteiger partial charge in [0.25, 0.3) is 0 Å². The number of fused-ring (bicyclic) bond motifs is 1. The highest BCUT2D eigenvalue weighted by Crippen LogP contribution is 2.30. The molecule has 5 heteroatoms. The van der Waals surface area contributed by atoms with Crippen LogP contribution in [0.3, 0.4) is 0 Å². The van der Waals surface area contributed by atoms with Gasteiger partial charge in [-0.3, -0.25) is 4.79 Å². The molecule has 2 aromatic heterocycles. The number of benzene rings is 1. The number of thiazole rings is 1. The second-order valence-corrected chi connectivity index (χ2v) is 6.09. The molecule has 0 spiro atoms. The van der Waals surface area contributed by atoms with Gasteiger partial charge in [0.15, 0.2) is 0 Å². The van der Waals surface area contributed by atoms with Gasteiger partial charge in [-0.25, -0.2) is 4.98 Å². The molecule has 0 aliphatic heterocycles. The van der Waals surface area contributed by atoms with Crippen LogP contribution in [0.4, 0.5) is 0 Å². The van der Waals surface area contributed by atoms with Crippen molar-refractivity contribution in [3.8, 4) is 0 Å². The van der Waals surface area contributed by atoms with Crippen LogP contribution in [0.1, 0.15) is 17.0 Å². The van der Waals surface area contributed by atoms with Gasteiger partial charge in [-0.15, -0.1) is 11.3 Å². The zero-order valence-electron chi connectivity index (χ0n) is 10.4. The number of hydrogen-bond donors (Lipinski definition) is 1. The van der Waals surface area contributed by atoms with Gasteiger partial charge in [0, 0.05) is 0 Å². The topological polar surface area (TPSA) is 50.2 Å². The van der Waals surface area contributed by atoms with Gasteiger partial charge in [0.05, 0.1) is 16.6 Å². The number of thiophene rings is 1. The van der Waals surface area contributed by atoms with E-state index in [1.807, 2.05) is 47.2 Å². The average Bonchev–Trinajstić information content (AvgIpc) is 3.05. The Morgan fingerprint density at radius 1 is 1.30 bits per heavy atom. The van der Waals surface area contributed by atoms with E-state index in [0.717, 1.165) is 26.4 Å². The van der Waals surface area contributed by atoms with Gasteiger partial charge in [-0.2, -0.15) is 11.3 Å². The fraction of sp³-hybridized carbons (Fsp3) is 0.0667. The molecule has 20 heavy (non-hydrogen) atoms. The minimum absolute atomic E-state index is 0.0182. The summed E-state index contributed by atoms with van der Waals surface area (Å²) in [5.41, 5.74) is 2.68. The number of carbonyl (C=O) groups is 1. The van der Waals surface area contributed by atoms with E-state index in [4.69, 9.17) is 5.11 Å². The van der Waals surface area contributed by atoms with E-state index < -0.39 is 5.97 Å². The Morgan fingerprint density at radius 3 is 2.85 bits per heavy atom. The van der Waals surface area contributed by atoms with E-state index in [1.165, 1.54) is 11.3 Å². The van der Waals surface area contributed by atoms with Crippen molar-refractivity contribution in [2.45, 2.75) is 6.42 Å². The Kier molecular flexibility index (Phi) is 3.62. The van der Waals surface area contributed by atoms with Crippen LogP contribution >= 0.6 is 22.7 Å². The number of para-hydroxylation sites is 1. The number of aliphatic carboxylic acids is 1. The number of aromatic nitrogens is 1. The summed E-state index contributed by atoms with van der Waals surface area (Å²) in [6.45, 7) is 0. The maximum Gasteiger partial charge on any atom is 0.307 e. The first-order valence-electron chi connectivity index (χ1n) is 6.03. The Morgan fingerprint density at radius 2 is 2.15 bits per heavy atom. The van der Waals surface area contributed by atoms with E-state index in [9.17, 15) is 4.79 Å². The zero-order chi connectivity index (χ0) is 13.9. The highest BCUT2D eigenvalue weighted by molar-refractivity contribution is 7.19. The molecule has 0 aliphatic carbocycles. The SMILES string of the molecule is O=C(O)CC(=Cc1ccsc1)c1nc2ccccc2s1. The van der Waals surface area contributed by atoms with Crippen molar-refractivity contribution in [3.63, 3.8) is 0 Å². The molecule has 100 valence electrons. The summed E-state index contributed by atoms with van der Waals surface area (Å²) in [5.74, 6) is -0.842. The molecular formula is C15H11NO2S2. The van der Waals surface area contributed by atoms with Crippen molar-refractivity contribution >= 4 is 50.5 Å². The van der Waals surface area contributed by atoms with Crippen LogP contribution in [0.2, 0.25) is 0 Å². The molecule has 0 saturated carbocycles. The van der Waals surface area contributed by atoms with Gasteiger partial charge < -0.3 is 5.11 Å². The van der Waals surface area contributed by atoms with Gasteiger partial charge in [0.2, 0.25) is 0 Å². The summed E-state index contributed by atoms with van der Waals surface area (Å²) in [6.07, 6.45) is 1.89. The Bertz CT molecular complexity index is 739. The molecule has 0 atom stereocenters. The second kappa shape index (κ2) is 5.56. The fourth-order valence-corrected chi connectivity index (χ4v) is 3.52. The molecule has 0 bridgehead atoms. The highest BCUT2D eigenvalue weighted by atomic mass is 32.1. The molecule has 0 saturated heterocycles. The van der Waals surface area contributed by atoms with Crippen LogP contribution < -0.4 is 0 Å². The van der Waals surface area contributed by atoms with E-state index >= 15 is 0 Å². The predicted octanol–water partition coefficient (Wildman–Crippen LogP) is 4.37. The van der Waals surface area contributed by atoms with Crippen molar-refractivity contribution < 1.29 is 9.90 Å². The molecule has 0 radical (unpaired) electrons. The second-order valence-electron chi connectivity index (χ2n) is 4.28. The summed E-state index contributed by atoms with van der Waals surface area (Å²) in [7, 11) is 0. The maximum atomic E-state index is 11.1. The molecule has 0 fully saturated rings. The molecule has 1 N–H and O–H groups in total. The number of nitrogens with zero attached hydrogens (tertiary/aromatic N) is 1. The lowest BCUT2D eigenvalue weighted by molar-refractivity contribution is -0.135. The zero-order valence-corrected chi connectivity index (χ0v) is 12.1. The number of carboxylic acids is 1. The number of rotatable bonds is 4. The van der Waals surface area contributed by atoms with Gasteiger partial charge in [-0.1, -0.05) is 12.1 Å². The smallest absolute Gasteiger partial charge is 0.307 e. The lowest BCUT2D eigenvalue weighted by Crippen LogP contribution is -1.96. The van der Waals surface area contributed by atoms with E-state index in [0.29, 0.717) is 0 Å². The number of carboxylic acid groups (broad SMARTS) is 1. The molecule has 2 heterocycles. The third-order valence-electron chi connectivity index (χ3n) is 2.79. The number of hydrogen-bond acceptors (Lipinski definition) is 4. The highest BCUT2D eigenvalue weighted by Gasteiger charge is 2.12. The Hall–Kier alpha value is -1.98. The van der Waals surface area contributed by atoms with Gasteiger partial charge >= 0.3 is 5.97 Å². The van der Waals surface area contributed by atoms with Crippen LogP contribution in [0.25, 0.3) is 21.9 Å². The van der Waals surface area contributed by atoms with Crippen LogP contribution in [0.15, 0.2) is 41.1 Å². The summed E-state index contributed by atoms with van der Waals surface area (Å²) in [6, 6.07) is 9.81. The van der Waals surface area contributed by atoms with Crippen LogP contribution in [0, 0.1) is 0 Å². The molecule has 0 aliphatic rings. The van der Waals surface area contributed by atoms with E-state index in [-0.39, 0.29) is 6.42 Å². The first kappa shape index (κ1) is 13.0. The Balaban J connectivity index is 2.06. The third kappa shape index (κ3) is 2.79. The summed E-state index contributed by atoms with van der Waals surface area (Å²) < 4.78 is 1.07. The monoisotopic (exact) mass is 301 g/mol. The minimum Gasteiger partial charge on any atom is -0.481 e. The third-order valence-corrected chi connectivity index (χ3v) is 4.61.